The molecule has 0 aromatic heterocycles. The Labute approximate surface area is 182 Å². The molecule has 1 saturated heterocycles. The molecule has 30 heavy (non-hydrogen) atoms. The van der Waals surface area contributed by atoms with Gasteiger partial charge >= 0.3 is 11.9 Å². The largest absolute Gasteiger partial charge is 0.393 e. The summed E-state index contributed by atoms with van der Waals surface area (Å²) in [6, 6.07) is 0. The maximum Gasteiger partial charge on any atom is 0.317 e. The van der Waals surface area contributed by atoms with Crippen LogP contribution in [0.5, 0.6) is 0 Å². The normalized spacial score (nSPS) is 24.2. The molecule has 2 aliphatic rings. The molecule has 1 heterocycles. The first-order valence-corrected chi connectivity index (χ1v) is 12.0. The summed E-state index contributed by atoms with van der Waals surface area (Å²) in [7, 11) is 4.85. The molecule has 0 aromatic carbocycles. The second-order valence-electron chi connectivity index (χ2n) is 9.00. The van der Waals surface area contributed by atoms with Gasteiger partial charge in [-0.2, -0.15) is 0 Å². The molecule has 2 rings (SSSR count). The number of unbranched alkanes of at least 4 members (excludes halogenated alkanes) is 9. The monoisotopic (exact) mass is 426 g/mol. The van der Waals surface area contributed by atoms with E-state index in [0.29, 0.717) is 5.92 Å². The number of esters is 2. The van der Waals surface area contributed by atoms with Crippen molar-refractivity contribution < 1.29 is 28.5 Å². The van der Waals surface area contributed by atoms with Gasteiger partial charge < -0.3 is 18.9 Å². The van der Waals surface area contributed by atoms with Gasteiger partial charge in [-0.25, -0.2) is 0 Å². The van der Waals surface area contributed by atoms with E-state index in [9.17, 15) is 9.59 Å². The lowest BCUT2D eigenvalue weighted by atomic mass is 9.74. The fraction of sp³-hybridized carbons (Fsp3) is 0.917. The summed E-state index contributed by atoms with van der Waals surface area (Å²) in [4.78, 5) is 23.4. The maximum absolute atomic E-state index is 11.7. The lowest BCUT2D eigenvalue weighted by Crippen LogP contribution is -2.35. The van der Waals surface area contributed by atoms with Crippen molar-refractivity contribution in [3.63, 3.8) is 0 Å². The summed E-state index contributed by atoms with van der Waals surface area (Å²) in [6.07, 6.45) is 17.3. The fourth-order valence-corrected chi connectivity index (χ4v) is 5.06. The van der Waals surface area contributed by atoms with Crippen LogP contribution in [0.1, 0.15) is 96.3 Å². The average molecular weight is 427 g/mol. The fourth-order valence-electron chi connectivity index (χ4n) is 5.06. The first kappa shape index (κ1) is 25.3. The van der Waals surface area contributed by atoms with Crippen LogP contribution in [0.15, 0.2) is 0 Å². The van der Waals surface area contributed by atoms with E-state index in [0.717, 1.165) is 32.1 Å². The molecule has 0 aromatic rings. The van der Waals surface area contributed by atoms with Crippen molar-refractivity contribution in [3.8, 4) is 0 Å². The van der Waals surface area contributed by atoms with Gasteiger partial charge in [-0.05, 0) is 31.6 Å². The van der Waals surface area contributed by atoms with Crippen molar-refractivity contribution in [2.75, 3.05) is 21.3 Å². The minimum Gasteiger partial charge on any atom is -0.393 e. The van der Waals surface area contributed by atoms with Gasteiger partial charge in [-0.15, -0.1) is 0 Å². The Morgan fingerprint density at radius 2 is 1.23 bits per heavy atom. The number of fused-ring (bicyclic) bond motifs is 1. The number of rotatable bonds is 16. The van der Waals surface area contributed by atoms with Crippen molar-refractivity contribution in [1.29, 1.82) is 0 Å². The zero-order valence-electron chi connectivity index (χ0n) is 19.3. The van der Waals surface area contributed by atoms with Crippen LogP contribution in [0.2, 0.25) is 0 Å². The summed E-state index contributed by atoms with van der Waals surface area (Å²) >= 11 is 0. The predicted octanol–water partition coefficient (Wildman–Crippen LogP) is 5.38. The van der Waals surface area contributed by atoms with Crippen LogP contribution in [0, 0.1) is 17.8 Å². The molecule has 6 heteroatoms. The first-order valence-electron chi connectivity index (χ1n) is 12.0. The van der Waals surface area contributed by atoms with Crippen LogP contribution in [-0.2, 0) is 28.5 Å². The van der Waals surface area contributed by atoms with Crippen molar-refractivity contribution in [3.05, 3.63) is 0 Å². The average Bonchev–Trinajstić information content (AvgIpc) is 3.05. The highest BCUT2D eigenvalue weighted by atomic mass is 16.9. The lowest BCUT2D eigenvalue weighted by Gasteiger charge is -2.28. The second kappa shape index (κ2) is 13.4. The van der Waals surface area contributed by atoms with Crippen LogP contribution in [0.4, 0.5) is 0 Å². The van der Waals surface area contributed by atoms with Gasteiger partial charge in [0.25, 0.3) is 5.97 Å². The molecule has 0 radical (unpaired) electrons. The zero-order valence-corrected chi connectivity index (χ0v) is 19.3. The van der Waals surface area contributed by atoms with Gasteiger partial charge in [0.2, 0.25) is 0 Å². The number of carbonyl (C=O) groups excluding carboxylic acids is 2. The van der Waals surface area contributed by atoms with E-state index in [1.807, 2.05) is 0 Å². The number of ether oxygens (including phenoxy) is 4. The Bertz CT molecular complexity index is 508. The Morgan fingerprint density at radius 3 is 1.80 bits per heavy atom. The Balaban J connectivity index is 1.39. The molecule has 1 saturated carbocycles. The molecule has 0 spiro atoms. The number of carbonyl (C=O) groups is 2. The van der Waals surface area contributed by atoms with Crippen LogP contribution in [-0.4, -0.2) is 39.2 Å². The van der Waals surface area contributed by atoms with Gasteiger partial charge in [0, 0.05) is 27.8 Å². The molecule has 174 valence electrons. The summed E-state index contributed by atoms with van der Waals surface area (Å²) in [5.41, 5.74) is 0. The second-order valence-corrected chi connectivity index (χ2v) is 9.00. The Morgan fingerprint density at radius 1 is 0.733 bits per heavy atom. The van der Waals surface area contributed by atoms with Crippen molar-refractivity contribution in [2.45, 2.75) is 102 Å². The maximum atomic E-state index is 11.7. The summed E-state index contributed by atoms with van der Waals surface area (Å²) in [6.45, 7) is 0. The van der Waals surface area contributed by atoms with Crippen LogP contribution < -0.4 is 0 Å². The zero-order chi connectivity index (χ0) is 21.8. The number of hydrogen-bond donors (Lipinski definition) is 0. The first-order chi connectivity index (χ1) is 14.5. The van der Waals surface area contributed by atoms with Gasteiger partial charge in [0.1, 0.15) is 0 Å². The number of methoxy groups -OCH3 is 3. The third-order valence-corrected chi connectivity index (χ3v) is 7.04. The van der Waals surface area contributed by atoms with E-state index in [1.54, 1.807) is 21.3 Å². The van der Waals surface area contributed by atoms with E-state index < -0.39 is 5.97 Å². The molecule has 6 nitrogen and oxygen atoms in total. The highest BCUT2D eigenvalue weighted by molar-refractivity contribution is 5.96. The molecule has 0 amide bonds. The molecule has 3 atom stereocenters. The minimum absolute atomic E-state index is 0.142. The lowest BCUT2D eigenvalue weighted by molar-refractivity contribution is -0.355. The summed E-state index contributed by atoms with van der Waals surface area (Å²) in [5, 5.41) is 0. The molecular weight excluding hydrogens is 384 g/mol. The highest BCUT2D eigenvalue weighted by Crippen LogP contribution is 2.41. The SMILES string of the molecule is COC(CCCCCCCCCCCCC1CCC2C(=O)OC(=O)C2C1)(OC)OC. The molecule has 1 aliphatic heterocycles. The molecule has 1 aliphatic carbocycles. The summed E-state index contributed by atoms with van der Waals surface area (Å²) < 4.78 is 20.8. The number of cyclic esters (lactones) is 2. The van der Waals surface area contributed by atoms with E-state index in [2.05, 4.69) is 0 Å². The van der Waals surface area contributed by atoms with Crippen LogP contribution in [0.3, 0.4) is 0 Å². The minimum atomic E-state index is -0.878. The molecule has 0 bridgehead atoms. The smallest absolute Gasteiger partial charge is 0.317 e. The molecule has 0 N–H and O–H groups in total. The molecule has 3 unspecified atom stereocenters. The van der Waals surface area contributed by atoms with E-state index in [1.165, 1.54) is 64.2 Å². The molecular formula is C24H42O6. The predicted molar refractivity (Wildman–Crippen MR) is 115 cm³/mol. The van der Waals surface area contributed by atoms with Gasteiger partial charge in [-0.1, -0.05) is 64.2 Å². The van der Waals surface area contributed by atoms with Crippen molar-refractivity contribution >= 4 is 11.9 Å². The standard InChI is InChI=1S/C24H42O6/c1-27-24(28-2,29-3)17-13-11-9-7-5-4-6-8-10-12-14-19-15-16-20-21(18-19)23(26)30-22(20)25/h19-21H,4-18H2,1-3H3. The Kier molecular flexibility index (Phi) is 11.3. The topological polar surface area (TPSA) is 71.1 Å². The molecule has 2 fully saturated rings. The van der Waals surface area contributed by atoms with Gasteiger partial charge in [-0.3, -0.25) is 9.59 Å². The van der Waals surface area contributed by atoms with E-state index >= 15 is 0 Å². The van der Waals surface area contributed by atoms with Crippen molar-refractivity contribution in [2.24, 2.45) is 17.8 Å². The number of hydrogen-bond acceptors (Lipinski definition) is 6. The quantitative estimate of drug-likeness (QED) is 0.143. The summed E-state index contributed by atoms with van der Waals surface area (Å²) in [5.74, 6) is -1.13. The van der Waals surface area contributed by atoms with Gasteiger partial charge in [0.05, 0.1) is 11.8 Å². The van der Waals surface area contributed by atoms with Crippen molar-refractivity contribution in [1.82, 2.24) is 0 Å². The Hall–Kier alpha value is -0.980. The van der Waals surface area contributed by atoms with E-state index in [4.69, 9.17) is 18.9 Å². The third kappa shape index (κ3) is 7.61. The highest BCUT2D eigenvalue weighted by Gasteiger charge is 2.47. The van der Waals surface area contributed by atoms with Crippen LogP contribution in [0.25, 0.3) is 0 Å². The van der Waals surface area contributed by atoms with E-state index in [-0.39, 0.29) is 23.8 Å². The van der Waals surface area contributed by atoms with Crippen LogP contribution >= 0.6 is 0 Å². The third-order valence-electron chi connectivity index (χ3n) is 7.04. The van der Waals surface area contributed by atoms with Gasteiger partial charge in [0.15, 0.2) is 0 Å².